The number of nitrogens with zero attached hydrogens (tertiary/aromatic N) is 2. The van der Waals surface area contributed by atoms with Crippen molar-refractivity contribution in [3.8, 4) is 11.6 Å². The lowest BCUT2D eigenvalue weighted by atomic mass is 10.3. The Morgan fingerprint density at radius 1 is 1.06 bits per heavy atom. The SMILES string of the molecule is Clc1nc(Oc2ccccc2)c2sccc2n1. The van der Waals surface area contributed by atoms with E-state index in [0.717, 1.165) is 16.0 Å². The third-order valence-corrected chi connectivity index (χ3v) is 3.26. The fourth-order valence-corrected chi connectivity index (χ4v) is 2.40. The Hall–Kier alpha value is -1.65. The van der Waals surface area contributed by atoms with Gasteiger partial charge in [0, 0.05) is 0 Å². The van der Waals surface area contributed by atoms with Crippen molar-refractivity contribution in [1.82, 2.24) is 9.97 Å². The molecule has 0 atom stereocenters. The molecule has 0 radical (unpaired) electrons. The normalized spacial score (nSPS) is 10.6. The second-order valence-corrected chi connectivity index (χ2v) is 4.60. The fourth-order valence-electron chi connectivity index (χ4n) is 1.48. The zero-order valence-electron chi connectivity index (χ0n) is 8.63. The van der Waals surface area contributed by atoms with Crippen LogP contribution in [0.3, 0.4) is 0 Å². The molecule has 0 saturated heterocycles. The molecule has 0 saturated carbocycles. The van der Waals surface area contributed by atoms with E-state index in [1.165, 1.54) is 11.3 Å². The van der Waals surface area contributed by atoms with Crippen LogP contribution >= 0.6 is 22.9 Å². The quantitative estimate of drug-likeness (QED) is 0.651. The van der Waals surface area contributed by atoms with Crippen molar-refractivity contribution >= 4 is 33.2 Å². The third-order valence-electron chi connectivity index (χ3n) is 2.20. The van der Waals surface area contributed by atoms with Gasteiger partial charge in [-0.25, -0.2) is 4.98 Å². The molecule has 0 unspecified atom stereocenters. The summed E-state index contributed by atoms with van der Waals surface area (Å²) in [5.41, 5.74) is 0.806. The van der Waals surface area contributed by atoms with Gasteiger partial charge in [-0.3, -0.25) is 0 Å². The van der Waals surface area contributed by atoms with Gasteiger partial charge in [0.15, 0.2) is 0 Å². The van der Waals surface area contributed by atoms with Gasteiger partial charge in [-0.15, -0.1) is 11.3 Å². The molecule has 0 N–H and O–H groups in total. The second kappa shape index (κ2) is 4.31. The first kappa shape index (κ1) is 10.5. The number of hydrogen-bond donors (Lipinski definition) is 0. The minimum absolute atomic E-state index is 0.196. The van der Waals surface area contributed by atoms with E-state index in [0.29, 0.717) is 5.88 Å². The maximum absolute atomic E-state index is 5.85. The average molecular weight is 263 g/mol. The molecule has 17 heavy (non-hydrogen) atoms. The molecule has 3 nitrogen and oxygen atoms in total. The first-order chi connectivity index (χ1) is 8.33. The van der Waals surface area contributed by atoms with Crippen LogP contribution in [0.5, 0.6) is 11.6 Å². The van der Waals surface area contributed by atoms with E-state index >= 15 is 0 Å². The van der Waals surface area contributed by atoms with E-state index in [9.17, 15) is 0 Å². The highest BCUT2D eigenvalue weighted by atomic mass is 35.5. The molecule has 0 fully saturated rings. The predicted molar refractivity (Wildman–Crippen MR) is 68.9 cm³/mol. The number of benzene rings is 1. The first-order valence-electron chi connectivity index (χ1n) is 4.96. The smallest absolute Gasteiger partial charge is 0.241 e. The minimum Gasteiger partial charge on any atom is -0.437 e. The molecule has 1 aromatic carbocycles. The van der Waals surface area contributed by atoms with Crippen LogP contribution in [0.1, 0.15) is 0 Å². The first-order valence-corrected chi connectivity index (χ1v) is 6.22. The molecule has 2 heterocycles. The van der Waals surface area contributed by atoms with E-state index in [2.05, 4.69) is 9.97 Å². The van der Waals surface area contributed by atoms with Crippen LogP contribution in [-0.4, -0.2) is 9.97 Å². The highest BCUT2D eigenvalue weighted by Crippen LogP contribution is 2.31. The molecule has 2 aromatic heterocycles. The molecule has 0 aliphatic carbocycles. The maximum Gasteiger partial charge on any atom is 0.241 e. The Morgan fingerprint density at radius 3 is 2.71 bits per heavy atom. The maximum atomic E-state index is 5.85. The average Bonchev–Trinajstić information content (AvgIpc) is 2.78. The van der Waals surface area contributed by atoms with E-state index in [1.807, 2.05) is 41.8 Å². The van der Waals surface area contributed by atoms with Gasteiger partial charge in [-0.2, -0.15) is 4.98 Å². The summed E-state index contributed by atoms with van der Waals surface area (Å²) in [6, 6.07) is 11.4. The van der Waals surface area contributed by atoms with E-state index in [-0.39, 0.29) is 5.28 Å². The summed E-state index contributed by atoms with van der Waals surface area (Å²) in [7, 11) is 0. The third kappa shape index (κ3) is 2.09. The van der Waals surface area contributed by atoms with Gasteiger partial charge < -0.3 is 4.74 Å². The molecule has 84 valence electrons. The topological polar surface area (TPSA) is 35.0 Å². The van der Waals surface area contributed by atoms with Crippen LogP contribution < -0.4 is 4.74 Å². The van der Waals surface area contributed by atoms with Gasteiger partial charge in [-0.1, -0.05) is 18.2 Å². The monoisotopic (exact) mass is 262 g/mol. The number of hydrogen-bond acceptors (Lipinski definition) is 4. The molecule has 0 amide bonds. The summed E-state index contributed by atoms with van der Waals surface area (Å²) in [5.74, 6) is 1.23. The highest BCUT2D eigenvalue weighted by Gasteiger charge is 2.09. The molecular weight excluding hydrogens is 256 g/mol. The molecular formula is C12H7ClN2OS. The largest absolute Gasteiger partial charge is 0.437 e. The lowest BCUT2D eigenvalue weighted by Crippen LogP contribution is -1.90. The summed E-state index contributed by atoms with van der Waals surface area (Å²) in [6.07, 6.45) is 0. The molecule has 0 aliphatic rings. The Kier molecular flexibility index (Phi) is 2.66. The van der Waals surface area contributed by atoms with Gasteiger partial charge in [0.25, 0.3) is 0 Å². The van der Waals surface area contributed by atoms with E-state index < -0.39 is 0 Å². The zero-order chi connectivity index (χ0) is 11.7. The number of fused-ring (bicyclic) bond motifs is 1. The molecule has 5 heteroatoms. The lowest BCUT2D eigenvalue weighted by molar-refractivity contribution is 0.469. The number of thiophene rings is 1. The number of para-hydroxylation sites is 1. The number of ether oxygens (including phenoxy) is 1. The van der Waals surface area contributed by atoms with Crippen molar-refractivity contribution in [3.63, 3.8) is 0 Å². The van der Waals surface area contributed by atoms with Gasteiger partial charge in [0.2, 0.25) is 11.2 Å². The number of rotatable bonds is 2. The van der Waals surface area contributed by atoms with Crippen LogP contribution in [0.25, 0.3) is 10.2 Å². The molecule has 0 spiro atoms. The molecule has 3 aromatic rings. The van der Waals surface area contributed by atoms with E-state index in [1.54, 1.807) is 0 Å². The summed E-state index contributed by atoms with van der Waals surface area (Å²) in [4.78, 5) is 8.23. The summed E-state index contributed by atoms with van der Waals surface area (Å²) in [5, 5.41) is 2.13. The van der Waals surface area contributed by atoms with Crippen LogP contribution in [-0.2, 0) is 0 Å². The van der Waals surface area contributed by atoms with Crippen molar-refractivity contribution in [2.45, 2.75) is 0 Å². The van der Waals surface area contributed by atoms with Crippen molar-refractivity contribution < 1.29 is 4.74 Å². The summed E-state index contributed by atoms with van der Waals surface area (Å²) < 4.78 is 6.61. The van der Waals surface area contributed by atoms with Crippen molar-refractivity contribution in [3.05, 3.63) is 47.1 Å². The Balaban J connectivity index is 2.08. The van der Waals surface area contributed by atoms with Gasteiger partial charge in [-0.05, 0) is 35.2 Å². The molecule has 3 rings (SSSR count). The highest BCUT2D eigenvalue weighted by molar-refractivity contribution is 7.17. The molecule has 0 bridgehead atoms. The minimum atomic E-state index is 0.196. The Labute approximate surface area is 107 Å². The van der Waals surface area contributed by atoms with Crippen molar-refractivity contribution in [2.24, 2.45) is 0 Å². The molecule has 0 aliphatic heterocycles. The second-order valence-electron chi connectivity index (χ2n) is 3.35. The summed E-state index contributed by atoms with van der Waals surface area (Å²) >= 11 is 7.38. The Morgan fingerprint density at radius 2 is 1.88 bits per heavy atom. The summed E-state index contributed by atoms with van der Waals surface area (Å²) in [6.45, 7) is 0. The van der Waals surface area contributed by atoms with Crippen molar-refractivity contribution in [1.29, 1.82) is 0 Å². The number of halogens is 1. The fraction of sp³-hybridized carbons (Fsp3) is 0. The number of aromatic nitrogens is 2. The van der Waals surface area contributed by atoms with E-state index in [4.69, 9.17) is 16.3 Å². The van der Waals surface area contributed by atoms with Crippen LogP contribution in [0.15, 0.2) is 41.8 Å². The predicted octanol–water partition coefficient (Wildman–Crippen LogP) is 4.14. The lowest BCUT2D eigenvalue weighted by Gasteiger charge is -2.05. The van der Waals surface area contributed by atoms with Crippen LogP contribution in [0.2, 0.25) is 5.28 Å². The van der Waals surface area contributed by atoms with Crippen molar-refractivity contribution in [2.75, 3.05) is 0 Å². The Bertz CT molecular complexity index is 654. The van der Waals surface area contributed by atoms with Crippen LogP contribution in [0.4, 0.5) is 0 Å². The van der Waals surface area contributed by atoms with Gasteiger partial charge in [0.1, 0.15) is 10.4 Å². The van der Waals surface area contributed by atoms with Gasteiger partial charge in [0.05, 0.1) is 5.52 Å². The zero-order valence-corrected chi connectivity index (χ0v) is 10.2. The van der Waals surface area contributed by atoms with Gasteiger partial charge >= 0.3 is 0 Å². The standard InChI is InChI=1S/C12H7ClN2OS/c13-12-14-9-6-7-17-10(9)11(15-12)16-8-4-2-1-3-5-8/h1-7H. The van der Waals surface area contributed by atoms with Crippen LogP contribution in [0, 0.1) is 0 Å².